The standard InChI is InChI=1S/C14H15FN2O2/c1-19-14(18)10-3-2-6-17(9-10)13-5-4-12(15)7-11(13)8-16/h4-5,7,10H,2-3,6,9H2,1H3/t10-/m0/s1. The quantitative estimate of drug-likeness (QED) is 0.766. The molecular weight excluding hydrogens is 247 g/mol. The Morgan fingerprint density at radius 2 is 2.37 bits per heavy atom. The van der Waals surface area contributed by atoms with Crippen LogP contribution in [0.25, 0.3) is 0 Å². The summed E-state index contributed by atoms with van der Waals surface area (Å²) in [4.78, 5) is 13.5. The predicted octanol–water partition coefficient (Wildman–Crippen LogP) is 2.09. The first-order valence-electron chi connectivity index (χ1n) is 6.18. The van der Waals surface area contributed by atoms with Crippen LogP contribution in [-0.2, 0) is 9.53 Å². The molecule has 0 aromatic heterocycles. The van der Waals surface area contributed by atoms with Gasteiger partial charge >= 0.3 is 5.97 Å². The summed E-state index contributed by atoms with van der Waals surface area (Å²) < 4.78 is 17.9. The highest BCUT2D eigenvalue weighted by Crippen LogP contribution is 2.27. The second-order valence-electron chi connectivity index (χ2n) is 4.58. The second kappa shape index (κ2) is 5.70. The predicted molar refractivity (Wildman–Crippen MR) is 68.1 cm³/mol. The van der Waals surface area contributed by atoms with Gasteiger partial charge in [-0.1, -0.05) is 0 Å². The number of carbonyl (C=O) groups excluding carboxylic acids is 1. The van der Waals surface area contributed by atoms with Crippen molar-refractivity contribution in [2.75, 3.05) is 25.1 Å². The maximum absolute atomic E-state index is 13.1. The molecule has 0 spiro atoms. The highest BCUT2D eigenvalue weighted by Gasteiger charge is 2.27. The van der Waals surface area contributed by atoms with E-state index in [9.17, 15) is 9.18 Å². The first-order valence-corrected chi connectivity index (χ1v) is 6.18. The van der Waals surface area contributed by atoms with Crippen molar-refractivity contribution in [3.05, 3.63) is 29.6 Å². The third kappa shape index (κ3) is 2.84. The first-order chi connectivity index (χ1) is 9.15. The number of ether oxygens (including phenoxy) is 1. The fraction of sp³-hybridized carbons (Fsp3) is 0.429. The average Bonchev–Trinajstić information content (AvgIpc) is 2.46. The highest BCUT2D eigenvalue weighted by atomic mass is 19.1. The van der Waals surface area contributed by atoms with Gasteiger partial charge in [-0.3, -0.25) is 4.79 Å². The molecule has 1 aliphatic heterocycles. The van der Waals surface area contributed by atoms with Crippen LogP contribution in [0, 0.1) is 23.1 Å². The molecule has 1 heterocycles. The summed E-state index contributed by atoms with van der Waals surface area (Å²) in [6, 6.07) is 6.14. The van der Waals surface area contributed by atoms with E-state index in [2.05, 4.69) is 0 Å². The van der Waals surface area contributed by atoms with Crippen LogP contribution in [0.3, 0.4) is 0 Å². The molecule has 0 unspecified atom stereocenters. The van der Waals surface area contributed by atoms with Gasteiger partial charge in [0.15, 0.2) is 0 Å². The van der Waals surface area contributed by atoms with Gasteiger partial charge in [-0.2, -0.15) is 5.26 Å². The van der Waals surface area contributed by atoms with E-state index in [1.54, 1.807) is 6.07 Å². The normalized spacial score (nSPS) is 18.8. The monoisotopic (exact) mass is 262 g/mol. The maximum Gasteiger partial charge on any atom is 0.310 e. The van der Waals surface area contributed by atoms with Crippen LogP contribution in [0.4, 0.5) is 10.1 Å². The summed E-state index contributed by atoms with van der Waals surface area (Å²) in [5, 5.41) is 9.06. The van der Waals surface area contributed by atoms with Crippen LogP contribution in [0.2, 0.25) is 0 Å². The Balaban J connectivity index is 2.22. The van der Waals surface area contributed by atoms with Gasteiger partial charge in [-0.15, -0.1) is 0 Å². The van der Waals surface area contributed by atoms with E-state index in [1.165, 1.54) is 19.2 Å². The largest absolute Gasteiger partial charge is 0.469 e. The topological polar surface area (TPSA) is 53.3 Å². The van der Waals surface area contributed by atoms with E-state index in [4.69, 9.17) is 10.00 Å². The molecule has 1 saturated heterocycles. The van der Waals surface area contributed by atoms with E-state index in [0.29, 0.717) is 17.8 Å². The number of nitriles is 1. The van der Waals surface area contributed by atoms with Gasteiger partial charge in [0.05, 0.1) is 24.3 Å². The summed E-state index contributed by atoms with van der Waals surface area (Å²) in [5.41, 5.74) is 0.975. The van der Waals surface area contributed by atoms with Gasteiger partial charge in [0.25, 0.3) is 0 Å². The van der Waals surface area contributed by atoms with Crippen molar-refractivity contribution in [2.45, 2.75) is 12.8 Å². The van der Waals surface area contributed by atoms with Crippen LogP contribution in [-0.4, -0.2) is 26.2 Å². The first kappa shape index (κ1) is 13.3. The van der Waals surface area contributed by atoms with Crippen LogP contribution < -0.4 is 4.90 Å². The summed E-state index contributed by atoms with van der Waals surface area (Å²) in [5.74, 6) is -0.845. The number of halogens is 1. The van der Waals surface area contributed by atoms with Crippen LogP contribution in [0.1, 0.15) is 18.4 Å². The van der Waals surface area contributed by atoms with Crippen molar-refractivity contribution in [3.8, 4) is 6.07 Å². The zero-order valence-electron chi connectivity index (χ0n) is 10.7. The van der Waals surface area contributed by atoms with E-state index < -0.39 is 5.82 Å². The minimum atomic E-state index is -0.429. The molecule has 100 valence electrons. The zero-order chi connectivity index (χ0) is 13.8. The van der Waals surface area contributed by atoms with Gasteiger partial charge in [0.2, 0.25) is 0 Å². The van der Waals surface area contributed by atoms with Crippen LogP contribution >= 0.6 is 0 Å². The van der Waals surface area contributed by atoms with Gasteiger partial charge in [0.1, 0.15) is 11.9 Å². The van der Waals surface area contributed by atoms with Gasteiger partial charge < -0.3 is 9.64 Å². The lowest BCUT2D eigenvalue weighted by Crippen LogP contribution is -2.39. The number of piperidine rings is 1. The molecule has 2 rings (SSSR count). The fourth-order valence-corrected chi connectivity index (χ4v) is 2.43. The van der Waals surface area contributed by atoms with Crippen molar-refractivity contribution in [3.63, 3.8) is 0 Å². The molecule has 1 atom stereocenters. The Kier molecular flexibility index (Phi) is 4.00. The molecule has 0 bridgehead atoms. The number of esters is 1. The lowest BCUT2D eigenvalue weighted by Gasteiger charge is -2.33. The van der Waals surface area contributed by atoms with Gasteiger partial charge in [-0.05, 0) is 31.0 Å². The summed E-state index contributed by atoms with van der Waals surface area (Å²) >= 11 is 0. The van der Waals surface area contributed by atoms with Crippen molar-refractivity contribution < 1.29 is 13.9 Å². The number of nitrogens with zero attached hydrogens (tertiary/aromatic N) is 2. The Morgan fingerprint density at radius 1 is 1.58 bits per heavy atom. The third-order valence-electron chi connectivity index (χ3n) is 3.38. The third-order valence-corrected chi connectivity index (χ3v) is 3.38. The second-order valence-corrected chi connectivity index (χ2v) is 4.58. The molecule has 4 nitrogen and oxygen atoms in total. The summed E-state index contributed by atoms with van der Waals surface area (Å²) in [7, 11) is 1.37. The van der Waals surface area contributed by atoms with E-state index in [1.807, 2.05) is 11.0 Å². The lowest BCUT2D eigenvalue weighted by molar-refractivity contribution is -0.145. The van der Waals surface area contributed by atoms with E-state index >= 15 is 0 Å². The lowest BCUT2D eigenvalue weighted by atomic mass is 9.97. The Labute approximate surface area is 111 Å². The molecule has 0 saturated carbocycles. The average molecular weight is 262 g/mol. The Morgan fingerprint density at radius 3 is 3.05 bits per heavy atom. The molecule has 0 radical (unpaired) electrons. The van der Waals surface area contributed by atoms with Crippen molar-refractivity contribution in [1.29, 1.82) is 5.26 Å². The fourth-order valence-electron chi connectivity index (χ4n) is 2.43. The number of anilines is 1. The van der Waals surface area contributed by atoms with E-state index in [0.717, 1.165) is 19.4 Å². The van der Waals surface area contributed by atoms with Crippen LogP contribution in [0.15, 0.2) is 18.2 Å². The molecule has 19 heavy (non-hydrogen) atoms. The van der Waals surface area contributed by atoms with Crippen molar-refractivity contribution >= 4 is 11.7 Å². The number of carbonyl (C=O) groups is 1. The Hall–Kier alpha value is -2.09. The molecule has 0 amide bonds. The minimum Gasteiger partial charge on any atom is -0.469 e. The van der Waals surface area contributed by atoms with Crippen LogP contribution in [0.5, 0.6) is 0 Å². The molecule has 0 N–H and O–H groups in total. The summed E-state index contributed by atoms with van der Waals surface area (Å²) in [6.07, 6.45) is 1.63. The van der Waals surface area contributed by atoms with Crippen molar-refractivity contribution in [2.24, 2.45) is 5.92 Å². The number of rotatable bonds is 2. The smallest absolute Gasteiger partial charge is 0.310 e. The molecule has 1 aromatic rings. The van der Waals surface area contributed by atoms with E-state index in [-0.39, 0.29) is 11.9 Å². The molecular formula is C14H15FN2O2. The number of hydrogen-bond donors (Lipinski definition) is 0. The number of hydrogen-bond acceptors (Lipinski definition) is 4. The molecule has 5 heteroatoms. The highest BCUT2D eigenvalue weighted by molar-refractivity contribution is 5.74. The SMILES string of the molecule is COC(=O)[C@H]1CCCN(c2ccc(F)cc2C#N)C1. The van der Waals surface area contributed by atoms with Gasteiger partial charge in [-0.25, -0.2) is 4.39 Å². The summed E-state index contributed by atoms with van der Waals surface area (Å²) in [6.45, 7) is 1.26. The molecule has 0 aliphatic carbocycles. The molecule has 1 aliphatic rings. The molecule has 1 aromatic carbocycles. The van der Waals surface area contributed by atoms with Crippen molar-refractivity contribution in [1.82, 2.24) is 0 Å². The number of benzene rings is 1. The minimum absolute atomic E-state index is 0.185. The maximum atomic E-state index is 13.1. The Bertz CT molecular complexity index is 525. The van der Waals surface area contributed by atoms with Gasteiger partial charge in [0, 0.05) is 13.1 Å². The zero-order valence-corrected chi connectivity index (χ0v) is 10.7. The number of methoxy groups -OCH3 is 1. The molecule has 1 fully saturated rings.